The predicted octanol–water partition coefficient (Wildman–Crippen LogP) is 5.07. The van der Waals surface area contributed by atoms with Crippen molar-refractivity contribution in [2.24, 2.45) is 0 Å². The van der Waals surface area contributed by atoms with E-state index in [2.05, 4.69) is 31.1 Å². The standard InChI is InChI=1S/C26H27N3O4S/c1-26(2,3)17-11-12-22(32-4)21(14-17)27-23(30)16-34-25-28-20-10-6-5-9-19(20)24(31)29(25)15-18-8-7-13-33-18/h5-14H,15-16H2,1-4H3,(H,27,30). The maximum Gasteiger partial charge on any atom is 0.262 e. The van der Waals surface area contributed by atoms with Crippen LogP contribution in [0.2, 0.25) is 0 Å². The summed E-state index contributed by atoms with van der Waals surface area (Å²) >= 11 is 1.21. The number of nitrogens with one attached hydrogen (secondary N) is 1. The summed E-state index contributed by atoms with van der Waals surface area (Å²) in [5.74, 6) is 1.08. The summed E-state index contributed by atoms with van der Waals surface area (Å²) in [4.78, 5) is 30.7. The third-order valence-corrected chi connectivity index (χ3v) is 6.37. The number of aromatic nitrogens is 2. The van der Waals surface area contributed by atoms with Gasteiger partial charge in [-0.1, -0.05) is 50.7 Å². The molecule has 2 aromatic carbocycles. The van der Waals surface area contributed by atoms with Gasteiger partial charge >= 0.3 is 0 Å². The van der Waals surface area contributed by atoms with Crippen molar-refractivity contribution in [1.82, 2.24) is 9.55 Å². The molecule has 0 aliphatic rings. The van der Waals surface area contributed by atoms with Crippen LogP contribution in [0.3, 0.4) is 0 Å². The first-order chi connectivity index (χ1) is 16.3. The van der Waals surface area contributed by atoms with Crippen molar-refractivity contribution in [2.45, 2.75) is 37.9 Å². The van der Waals surface area contributed by atoms with Crippen LogP contribution in [0.5, 0.6) is 5.75 Å². The Kier molecular flexibility index (Phi) is 6.79. The van der Waals surface area contributed by atoms with E-state index in [1.165, 1.54) is 11.8 Å². The van der Waals surface area contributed by atoms with Crippen LogP contribution in [0, 0.1) is 0 Å². The third kappa shape index (κ3) is 5.17. The van der Waals surface area contributed by atoms with Crippen LogP contribution in [0.15, 0.2) is 75.2 Å². The number of ether oxygens (including phenoxy) is 1. The molecule has 0 aliphatic carbocycles. The van der Waals surface area contributed by atoms with E-state index in [0.29, 0.717) is 33.3 Å². The van der Waals surface area contributed by atoms with Crippen LogP contribution in [0.4, 0.5) is 5.69 Å². The van der Waals surface area contributed by atoms with E-state index >= 15 is 0 Å². The quantitative estimate of drug-likeness (QED) is 0.295. The van der Waals surface area contributed by atoms with Gasteiger partial charge < -0.3 is 14.5 Å². The zero-order valence-corrected chi connectivity index (χ0v) is 20.4. The smallest absolute Gasteiger partial charge is 0.262 e. The van der Waals surface area contributed by atoms with E-state index in [-0.39, 0.29) is 29.2 Å². The second-order valence-electron chi connectivity index (χ2n) is 8.88. The molecule has 4 aromatic rings. The molecule has 34 heavy (non-hydrogen) atoms. The van der Waals surface area contributed by atoms with E-state index in [9.17, 15) is 9.59 Å². The summed E-state index contributed by atoms with van der Waals surface area (Å²) in [5, 5.41) is 3.91. The number of hydrogen-bond acceptors (Lipinski definition) is 6. The first-order valence-electron chi connectivity index (χ1n) is 10.9. The summed E-state index contributed by atoms with van der Waals surface area (Å²) in [6.07, 6.45) is 1.56. The lowest BCUT2D eigenvalue weighted by molar-refractivity contribution is -0.113. The summed E-state index contributed by atoms with van der Waals surface area (Å²) in [5.41, 5.74) is 2.03. The molecule has 176 valence electrons. The lowest BCUT2D eigenvalue weighted by atomic mass is 9.87. The monoisotopic (exact) mass is 477 g/mol. The van der Waals surface area contributed by atoms with Crippen LogP contribution in [0.1, 0.15) is 32.1 Å². The molecule has 1 amide bonds. The van der Waals surface area contributed by atoms with Gasteiger partial charge in [-0.15, -0.1) is 0 Å². The SMILES string of the molecule is COc1ccc(C(C)(C)C)cc1NC(=O)CSc1nc2ccccc2c(=O)n1Cc1ccco1. The highest BCUT2D eigenvalue weighted by molar-refractivity contribution is 7.99. The van der Waals surface area contributed by atoms with Crippen LogP contribution in [-0.2, 0) is 16.8 Å². The first-order valence-corrected chi connectivity index (χ1v) is 11.9. The molecular formula is C26H27N3O4S. The fraction of sp³-hybridized carbons (Fsp3) is 0.269. The summed E-state index contributed by atoms with van der Waals surface area (Å²) < 4.78 is 12.4. The molecule has 0 saturated heterocycles. The molecule has 0 spiro atoms. The Morgan fingerprint density at radius 3 is 2.65 bits per heavy atom. The zero-order chi connectivity index (χ0) is 24.3. The van der Waals surface area contributed by atoms with Gasteiger partial charge in [0.25, 0.3) is 5.56 Å². The number of anilines is 1. The Bertz CT molecular complexity index is 1370. The van der Waals surface area contributed by atoms with Gasteiger partial charge in [-0.3, -0.25) is 14.2 Å². The lowest BCUT2D eigenvalue weighted by Crippen LogP contribution is -2.24. The van der Waals surface area contributed by atoms with Crippen molar-refractivity contribution in [2.75, 3.05) is 18.2 Å². The highest BCUT2D eigenvalue weighted by Gasteiger charge is 2.18. The Labute approximate surface area is 202 Å². The molecule has 2 heterocycles. The molecule has 2 aromatic heterocycles. The summed E-state index contributed by atoms with van der Waals surface area (Å²) in [6, 6.07) is 16.5. The number of thioether (sulfide) groups is 1. The lowest BCUT2D eigenvalue weighted by Gasteiger charge is -2.21. The van der Waals surface area contributed by atoms with Gasteiger partial charge in [0.05, 0.1) is 42.3 Å². The summed E-state index contributed by atoms with van der Waals surface area (Å²) in [6.45, 7) is 6.56. The van der Waals surface area contributed by atoms with Crippen LogP contribution < -0.4 is 15.6 Å². The first kappa shape index (κ1) is 23.6. The fourth-order valence-corrected chi connectivity index (χ4v) is 4.34. The number of furan rings is 1. The minimum atomic E-state index is -0.221. The number of amides is 1. The van der Waals surface area contributed by atoms with E-state index in [0.717, 1.165) is 5.56 Å². The molecule has 8 heteroatoms. The van der Waals surface area contributed by atoms with Crippen LogP contribution in [0.25, 0.3) is 10.9 Å². The maximum absolute atomic E-state index is 13.2. The minimum Gasteiger partial charge on any atom is -0.495 e. The van der Waals surface area contributed by atoms with Gasteiger partial charge in [-0.25, -0.2) is 4.98 Å². The zero-order valence-electron chi connectivity index (χ0n) is 19.6. The predicted molar refractivity (Wildman–Crippen MR) is 135 cm³/mol. The molecule has 0 atom stereocenters. The van der Waals surface area contributed by atoms with Crippen molar-refractivity contribution in [3.63, 3.8) is 0 Å². The number of fused-ring (bicyclic) bond motifs is 1. The Morgan fingerprint density at radius 2 is 1.94 bits per heavy atom. The maximum atomic E-state index is 13.2. The van der Waals surface area contributed by atoms with E-state index in [1.54, 1.807) is 42.2 Å². The van der Waals surface area contributed by atoms with Gasteiger partial charge in [-0.2, -0.15) is 0 Å². The van der Waals surface area contributed by atoms with E-state index in [1.807, 2.05) is 30.3 Å². The molecule has 0 bridgehead atoms. The number of nitrogens with zero attached hydrogens (tertiary/aromatic N) is 2. The molecule has 0 radical (unpaired) electrons. The van der Waals surface area contributed by atoms with Crippen molar-refractivity contribution in [1.29, 1.82) is 0 Å². The molecule has 1 N–H and O–H groups in total. The molecular weight excluding hydrogens is 450 g/mol. The van der Waals surface area contributed by atoms with Crippen LogP contribution in [-0.4, -0.2) is 28.3 Å². The minimum absolute atomic E-state index is 0.0720. The number of benzene rings is 2. The van der Waals surface area contributed by atoms with Gasteiger partial charge in [0.2, 0.25) is 5.91 Å². The molecule has 0 saturated carbocycles. The van der Waals surface area contributed by atoms with E-state index < -0.39 is 0 Å². The topological polar surface area (TPSA) is 86.4 Å². The van der Waals surface area contributed by atoms with Crippen molar-refractivity contribution in [3.05, 3.63) is 82.5 Å². The van der Waals surface area contributed by atoms with Gasteiger partial charge in [0.1, 0.15) is 11.5 Å². The number of rotatable bonds is 7. The number of carbonyl (C=O) groups excluding carboxylic acids is 1. The number of hydrogen-bond donors (Lipinski definition) is 1. The highest BCUT2D eigenvalue weighted by Crippen LogP contribution is 2.31. The molecule has 0 fully saturated rings. The van der Waals surface area contributed by atoms with Crippen molar-refractivity contribution >= 4 is 34.3 Å². The second kappa shape index (κ2) is 9.77. The summed E-state index contributed by atoms with van der Waals surface area (Å²) in [7, 11) is 1.57. The van der Waals surface area contributed by atoms with E-state index in [4.69, 9.17) is 9.15 Å². The average Bonchev–Trinajstić information content (AvgIpc) is 3.32. The molecule has 0 aliphatic heterocycles. The Balaban J connectivity index is 1.59. The van der Waals surface area contributed by atoms with Crippen molar-refractivity contribution in [3.8, 4) is 5.75 Å². The number of para-hydroxylation sites is 1. The molecule has 7 nitrogen and oxygen atoms in total. The van der Waals surface area contributed by atoms with Gasteiger partial charge in [0.15, 0.2) is 5.16 Å². The number of methoxy groups -OCH3 is 1. The van der Waals surface area contributed by atoms with Crippen LogP contribution >= 0.6 is 11.8 Å². The Hall–Kier alpha value is -3.52. The molecule has 0 unspecified atom stereocenters. The van der Waals surface area contributed by atoms with Gasteiger partial charge in [0, 0.05) is 0 Å². The highest BCUT2D eigenvalue weighted by atomic mass is 32.2. The largest absolute Gasteiger partial charge is 0.495 e. The fourth-order valence-electron chi connectivity index (χ4n) is 3.54. The van der Waals surface area contributed by atoms with Gasteiger partial charge in [-0.05, 0) is 47.4 Å². The average molecular weight is 478 g/mol. The van der Waals surface area contributed by atoms with Crippen molar-refractivity contribution < 1.29 is 13.9 Å². The second-order valence-corrected chi connectivity index (χ2v) is 9.83. The number of carbonyl (C=O) groups is 1. The normalized spacial score (nSPS) is 11.5. The Morgan fingerprint density at radius 1 is 1.15 bits per heavy atom. The molecule has 4 rings (SSSR count). The third-order valence-electron chi connectivity index (χ3n) is 5.39.